The number of sulfonamides is 1. The van der Waals surface area contributed by atoms with Gasteiger partial charge < -0.3 is 9.47 Å². The molecule has 2 saturated heterocycles. The summed E-state index contributed by atoms with van der Waals surface area (Å²) in [6.07, 6.45) is 2.94. The molecule has 0 aliphatic carbocycles. The smallest absolute Gasteiger partial charge is 0.262 e. The summed E-state index contributed by atoms with van der Waals surface area (Å²) in [5.74, 6) is -0.511. The van der Waals surface area contributed by atoms with Crippen LogP contribution in [0.4, 0.5) is 4.39 Å². The molecule has 2 fully saturated rings. The van der Waals surface area contributed by atoms with E-state index in [1.165, 1.54) is 35.9 Å². The van der Waals surface area contributed by atoms with Crippen LogP contribution in [0.2, 0.25) is 0 Å². The second-order valence-electron chi connectivity index (χ2n) is 7.29. The van der Waals surface area contributed by atoms with Crippen LogP contribution in [-0.2, 0) is 21.9 Å². The van der Waals surface area contributed by atoms with Crippen molar-refractivity contribution in [2.45, 2.75) is 18.0 Å². The monoisotopic (exact) mass is 392 g/mol. The first kappa shape index (κ1) is 18.1. The Hall–Kier alpha value is -2.26. The molecule has 2 aliphatic rings. The molecule has 0 N–H and O–H groups in total. The fourth-order valence-corrected chi connectivity index (χ4v) is 5.80. The number of carbonyl (C=O) groups excluding carboxylic acids is 1. The van der Waals surface area contributed by atoms with Crippen LogP contribution in [0.5, 0.6) is 0 Å². The zero-order valence-electron chi connectivity index (χ0n) is 15.1. The maximum Gasteiger partial charge on any atom is 0.262 e. The molecule has 7 nitrogen and oxygen atoms in total. The van der Waals surface area contributed by atoms with Crippen LogP contribution in [0.1, 0.15) is 18.5 Å². The lowest BCUT2D eigenvalue weighted by Crippen LogP contribution is -2.36. The first-order valence-electron chi connectivity index (χ1n) is 8.78. The Balaban J connectivity index is 1.65. The maximum absolute atomic E-state index is 13.8. The van der Waals surface area contributed by atoms with E-state index in [-0.39, 0.29) is 41.2 Å². The molecule has 0 saturated carbocycles. The van der Waals surface area contributed by atoms with E-state index in [1.54, 1.807) is 28.6 Å². The Morgan fingerprint density at radius 2 is 2.04 bits per heavy atom. The summed E-state index contributed by atoms with van der Waals surface area (Å²) in [5, 5.41) is 0.0238. The van der Waals surface area contributed by atoms with Crippen molar-refractivity contribution in [2.75, 3.05) is 19.6 Å². The lowest BCUT2D eigenvalue weighted by Gasteiger charge is -2.28. The van der Waals surface area contributed by atoms with Gasteiger partial charge in [0.15, 0.2) is 5.03 Å². The number of carbonyl (C=O) groups is 1. The minimum absolute atomic E-state index is 0.0145. The molecule has 1 aromatic heterocycles. The number of fused-ring (bicyclic) bond motifs is 1. The predicted molar refractivity (Wildman–Crippen MR) is 95.5 cm³/mol. The number of halogens is 1. The van der Waals surface area contributed by atoms with E-state index < -0.39 is 10.0 Å². The Morgan fingerprint density at radius 1 is 1.26 bits per heavy atom. The molecule has 3 heterocycles. The van der Waals surface area contributed by atoms with Crippen molar-refractivity contribution >= 4 is 15.9 Å². The molecule has 27 heavy (non-hydrogen) atoms. The van der Waals surface area contributed by atoms with Gasteiger partial charge in [-0.15, -0.1) is 0 Å². The molecule has 0 spiro atoms. The number of hydrogen-bond acceptors (Lipinski definition) is 4. The van der Waals surface area contributed by atoms with Gasteiger partial charge in [0, 0.05) is 45.7 Å². The fraction of sp³-hybridized carbons (Fsp3) is 0.444. The lowest BCUT2D eigenvalue weighted by molar-refractivity contribution is -0.130. The molecule has 9 heteroatoms. The zero-order chi connectivity index (χ0) is 19.3. The quantitative estimate of drug-likeness (QED) is 0.791. The van der Waals surface area contributed by atoms with Crippen LogP contribution in [-0.4, -0.2) is 52.7 Å². The van der Waals surface area contributed by atoms with Gasteiger partial charge in [0.25, 0.3) is 10.0 Å². The zero-order valence-corrected chi connectivity index (χ0v) is 15.9. The largest absolute Gasteiger partial charge is 0.339 e. The van der Waals surface area contributed by atoms with E-state index in [4.69, 9.17) is 0 Å². The number of aryl methyl sites for hydroxylation is 1. The number of likely N-dealkylation sites (tertiary alicyclic amines) is 1. The van der Waals surface area contributed by atoms with Gasteiger partial charge >= 0.3 is 0 Å². The normalized spacial score (nSPS) is 25.7. The molecule has 0 radical (unpaired) electrons. The molecular formula is C18H21FN4O3S. The minimum atomic E-state index is -3.69. The molecule has 3 atom stereocenters. The van der Waals surface area contributed by atoms with Crippen molar-refractivity contribution in [3.63, 3.8) is 0 Å². The highest BCUT2D eigenvalue weighted by atomic mass is 32.2. The van der Waals surface area contributed by atoms with E-state index >= 15 is 0 Å². The SMILES string of the molecule is CC(=O)N1C[C@H]2CN(S(=O)(=O)c3cn(C)cn3)C[C@H]2[C@H]1c1cccc(F)c1. The van der Waals surface area contributed by atoms with Gasteiger partial charge in [-0.1, -0.05) is 12.1 Å². The number of rotatable bonds is 3. The molecule has 144 valence electrons. The van der Waals surface area contributed by atoms with Crippen molar-refractivity contribution in [1.82, 2.24) is 18.8 Å². The van der Waals surface area contributed by atoms with Crippen molar-refractivity contribution in [2.24, 2.45) is 18.9 Å². The Labute approximate surface area is 157 Å². The van der Waals surface area contributed by atoms with E-state index in [0.29, 0.717) is 18.7 Å². The number of imidazole rings is 1. The number of amides is 1. The highest BCUT2D eigenvalue weighted by molar-refractivity contribution is 7.89. The second kappa shape index (κ2) is 6.42. The number of nitrogens with zero attached hydrogens (tertiary/aromatic N) is 4. The Bertz CT molecular complexity index is 990. The Morgan fingerprint density at radius 3 is 2.67 bits per heavy atom. The van der Waals surface area contributed by atoms with Crippen LogP contribution in [0.15, 0.2) is 41.8 Å². The highest BCUT2D eigenvalue weighted by Crippen LogP contribution is 2.46. The lowest BCUT2D eigenvalue weighted by atomic mass is 9.89. The standard InChI is InChI=1S/C18H21FN4O3S/c1-12(24)23-8-14-7-22(27(25,26)17-10-21(2)11-20-17)9-16(14)18(23)13-4-3-5-15(19)6-13/h3-6,10-11,14,16,18H,7-9H2,1-2H3/t14-,16-,18-/m1/s1. The van der Waals surface area contributed by atoms with Gasteiger partial charge in [0.2, 0.25) is 5.91 Å². The summed E-state index contributed by atoms with van der Waals surface area (Å²) in [7, 11) is -1.97. The second-order valence-corrected chi connectivity index (χ2v) is 9.18. The minimum Gasteiger partial charge on any atom is -0.339 e. The van der Waals surface area contributed by atoms with Gasteiger partial charge in [-0.25, -0.2) is 17.8 Å². The third-order valence-electron chi connectivity index (χ3n) is 5.51. The van der Waals surface area contributed by atoms with E-state index in [2.05, 4.69) is 4.98 Å². The maximum atomic E-state index is 13.8. The van der Waals surface area contributed by atoms with Gasteiger partial charge in [-0.05, 0) is 23.6 Å². The third kappa shape index (κ3) is 3.04. The van der Waals surface area contributed by atoms with Gasteiger partial charge in [0.05, 0.1) is 12.4 Å². The van der Waals surface area contributed by atoms with Crippen LogP contribution in [0, 0.1) is 17.7 Å². The third-order valence-corrected chi connectivity index (χ3v) is 7.23. The van der Waals surface area contributed by atoms with E-state index in [1.807, 2.05) is 0 Å². The molecular weight excluding hydrogens is 371 g/mol. The molecule has 2 aliphatic heterocycles. The topological polar surface area (TPSA) is 75.5 Å². The van der Waals surface area contributed by atoms with Crippen molar-refractivity contribution < 1.29 is 17.6 Å². The molecule has 4 rings (SSSR count). The van der Waals surface area contributed by atoms with Crippen molar-refractivity contribution in [1.29, 1.82) is 0 Å². The van der Waals surface area contributed by atoms with Crippen LogP contribution < -0.4 is 0 Å². The van der Waals surface area contributed by atoms with Gasteiger partial charge in [-0.2, -0.15) is 4.31 Å². The number of aromatic nitrogens is 2. The summed E-state index contributed by atoms with van der Waals surface area (Å²) in [5.41, 5.74) is 0.704. The van der Waals surface area contributed by atoms with Crippen molar-refractivity contribution in [3.05, 3.63) is 48.2 Å². The average molecular weight is 392 g/mol. The van der Waals surface area contributed by atoms with Crippen molar-refractivity contribution in [3.8, 4) is 0 Å². The number of hydrogen-bond donors (Lipinski definition) is 0. The summed E-state index contributed by atoms with van der Waals surface area (Å²) in [6, 6.07) is 5.88. The summed E-state index contributed by atoms with van der Waals surface area (Å²) in [6.45, 7) is 2.58. The predicted octanol–water partition coefficient (Wildman–Crippen LogP) is 1.40. The molecule has 0 bridgehead atoms. The average Bonchev–Trinajstić information content (AvgIpc) is 3.28. The van der Waals surface area contributed by atoms with Gasteiger partial charge in [-0.3, -0.25) is 4.79 Å². The molecule has 0 unspecified atom stereocenters. The first-order valence-corrected chi connectivity index (χ1v) is 10.2. The fourth-order valence-electron chi connectivity index (χ4n) is 4.30. The summed E-state index contributed by atoms with van der Waals surface area (Å²) in [4.78, 5) is 17.8. The summed E-state index contributed by atoms with van der Waals surface area (Å²) < 4.78 is 42.6. The number of benzene rings is 1. The molecule has 2 aromatic rings. The molecule has 1 aromatic carbocycles. The first-order chi connectivity index (χ1) is 12.8. The van der Waals surface area contributed by atoms with Crippen LogP contribution >= 0.6 is 0 Å². The molecule has 1 amide bonds. The summed E-state index contributed by atoms with van der Waals surface area (Å²) >= 11 is 0. The van der Waals surface area contributed by atoms with E-state index in [0.717, 1.165) is 0 Å². The van der Waals surface area contributed by atoms with Crippen LogP contribution in [0.25, 0.3) is 0 Å². The van der Waals surface area contributed by atoms with Crippen LogP contribution in [0.3, 0.4) is 0 Å². The van der Waals surface area contributed by atoms with Gasteiger partial charge in [0.1, 0.15) is 5.82 Å². The Kier molecular flexibility index (Phi) is 4.31. The van der Waals surface area contributed by atoms with E-state index in [9.17, 15) is 17.6 Å². The highest BCUT2D eigenvalue weighted by Gasteiger charge is 2.51.